The van der Waals surface area contributed by atoms with E-state index in [0.717, 1.165) is 71.4 Å². The van der Waals surface area contributed by atoms with Crippen LogP contribution in [0.1, 0.15) is 105 Å². The zero-order chi connectivity index (χ0) is 43.9. The number of amides is 1. The molecule has 4 aliphatic carbocycles. The average Bonchev–Trinajstić information content (AvgIpc) is 3.21. The Kier molecular flexibility index (Phi) is 16.4. The quantitative estimate of drug-likeness (QED) is 0.138. The number of esters is 2. The minimum Gasteiger partial charge on any atom is -0.489 e. The number of rotatable bonds is 9. The number of fused-ring (bicyclic) bond motifs is 2. The number of nitrogens with two attached hydrogens (primary N) is 1. The Balaban J connectivity index is 0.000000192. The summed E-state index contributed by atoms with van der Waals surface area (Å²) in [6.07, 6.45) is 10.1. The molecule has 2 saturated carbocycles. The highest BCUT2D eigenvalue weighted by molar-refractivity contribution is 6.31. The molecule has 4 aliphatic rings. The van der Waals surface area contributed by atoms with Crippen LogP contribution in [0.15, 0.2) is 72.8 Å². The number of carbonyl (C=O) groups excluding carboxylic acids is 3. The Bertz CT molecular complexity index is 2280. The van der Waals surface area contributed by atoms with Gasteiger partial charge in [0.25, 0.3) is 5.91 Å². The molecule has 0 bridgehead atoms. The fourth-order valence-electron chi connectivity index (χ4n) is 8.01. The number of benzene rings is 4. The van der Waals surface area contributed by atoms with Gasteiger partial charge in [-0.3, -0.25) is 9.59 Å². The molecule has 2 fully saturated rings. The second-order valence-corrected chi connectivity index (χ2v) is 17.3. The largest absolute Gasteiger partial charge is 0.489 e. The van der Waals surface area contributed by atoms with Crippen LogP contribution >= 0.6 is 35.6 Å². The third-order valence-electron chi connectivity index (χ3n) is 12.1. The summed E-state index contributed by atoms with van der Waals surface area (Å²) in [5.74, 6) is -0.889. The van der Waals surface area contributed by atoms with Crippen LogP contribution in [0.2, 0.25) is 10.0 Å². The van der Waals surface area contributed by atoms with E-state index in [2.05, 4.69) is 5.32 Å². The summed E-state index contributed by atoms with van der Waals surface area (Å²) in [6, 6.07) is 22.1. The van der Waals surface area contributed by atoms with Crippen molar-refractivity contribution in [2.24, 2.45) is 5.73 Å². The minimum absolute atomic E-state index is 0. The molecule has 1 amide bonds. The summed E-state index contributed by atoms with van der Waals surface area (Å²) >= 11 is 12.0. The van der Waals surface area contributed by atoms with Gasteiger partial charge < -0.3 is 35.1 Å². The smallest absolute Gasteiger partial charge is 0.339 e. The van der Waals surface area contributed by atoms with E-state index in [0.29, 0.717) is 54.2 Å². The standard InChI is InChI=1S/C24H26ClNO4.C12H14ClNO2.C12H14O3.ClH/c1-15-5-3-8-20(21(15)30-19-6-4-7-19)22(27)26-24(23(28)29-2)12-11-16-13-18(25)10-9-17(16)14-24;1-16-11(15)12(14)5-4-8-6-10(13)3-2-9(8)7-12;1-8-4-2-7-10(12(13)14)11(8)15-9-5-3-6-9;/h3,5,8-10,13,19H,4,6-7,11-12,14H2,1-2H3,(H,26,27);2-3,6H,4-5,7,14H2,1H3;2,4,7,9H,3,5-6H2,1H3,(H,13,14);1H. The maximum absolute atomic E-state index is 13.3. The van der Waals surface area contributed by atoms with Crippen molar-refractivity contribution >= 4 is 59.4 Å². The maximum Gasteiger partial charge on any atom is 0.339 e. The van der Waals surface area contributed by atoms with E-state index in [9.17, 15) is 19.2 Å². The van der Waals surface area contributed by atoms with Crippen molar-refractivity contribution in [3.05, 3.63) is 127 Å². The van der Waals surface area contributed by atoms with Crippen molar-refractivity contribution in [2.45, 2.75) is 114 Å². The molecule has 0 radical (unpaired) electrons. The molecule has 4 aromatic rings. The molecule has 2 atom stereocenters. The molecule has 4 aromatic carbocycles. The van der Waals surface area contributed by atoms with E-state index in [1.165, 1.54) is 26.2 Å². The van der Waals surface area contributed by atoms with Gasteiger partial charge in [0, 0.05) is 22.9 Å². The van der Waals surface area contributed by atoms with Crippen LogP contribution in [-0.4, -0.2) is 66.4 Å². The Hall–Kier alpha value is -4.81. The predicted octanol–water partition coefficient (Wildman–Crippen LogP) is 9.16. The van der Waals surface area contributed by atoms with Crippen LogP contribution < -0.4 is 20.5 Å². The lowest BCUT2D eigenvalue weighted by molar-refractivity contribution is -0.149. The van der Waals surface area contributed by atoms with Gasteiger partial charge in [-0.2, -0.15) is 0 Å². The Morgan fingerprint density at radius 2 is 1.16 bits per heavy atom. The fraction of sp³-hybridized carbons (Fsp3) is 0.417. The second-order valence-electron chi connectivity index (χ2n) is 16.4. The first-order valence-electron chi connectivity index (χ1n) is 20.7. The molecule has 0 aromatic heterocycles. The van der Waals surface area contributed by atoms with Gasteiger partial charge in [0.2, 0.25) is 0 Å². The van der Waals surface area contributed by atoms with Gasteiger partial charge in [0.15, 0.2) is 0 Å². The van der Waals surface area contributed by atoms with E-state index in [4.69, 9.17) is 53.0 Å². The monoisotopic (exact) mass is 908 g/mol. The summed E-state index contributed by atoms with van der Waals surface area (Å²) in [4.78, 5) is 48.7. The minimum atomic E-state index is -1.12. The van der Waals surface area contributed by atoms with E-state index in [-0.39, 0.29) is 42.1 Å². The number of halogens is 3. The number of methoxy groups -OCH3 is 2. The van der Waals surface area contributed by atoms with Crippen LogP contribution in [-0.2, 0) is 44.7 Å². The lowest BCUT2D eigenvalue weighted by Crippen LogP contribution is -2.58. The lowest BCUT2D eigenvalue weighted by atomic mass is 9.77. The number of aromatic carboxylic acids is 1. The summed E-state index contributed by atoms with van der Waals surface area (Å²) in [5.41, 5.74) is 10.9. The number of hydrogen-bond donors (Lipinski definition) is 3. The lowest BCUT2D eigenvalue weighted by Gasteiger charge is -2.36. The second kappa shape index (κ2) is 21.0. The van der Waals surface area contributed by atoms with Crippen molar-refractivity contribution < 1.29 is 43.2 Å². The van der Waals surface area contributed by atoms with Gasteiger partial charge in [0.05, 0.1) is 32.0 Å². The number of ether oxygens (including phenoxy) is 4. The number of para-hydroxylation sites is 2. The number of carboxylic acid groups (broad SMARTS) is 1. The molecule has 0 aliphatic heterocycles. The number of carboxylic acids is 1. The highest BCUT2D eigenvalue weighted by Crippen LogP contribution is 2.35. The van der Waals surface area contributed by atoms with Crippen molar-refractivity contribution in [3.8, 4) is 11.5 Å². The van der Waals surface area contributed by atoms with Crippen LogP contribution in [0.25, 0.3) is 0 Å². The van der Waals surface area contributed by atoms with Crippen LogP contribution in [0.4, 0.5) is 0 Å². The van der Waals surface area contributed by atoms with Crippen molar-refractivity contribution in [2.75, 3.05) is 14.2 Å². The highest BCUT2D eigenvalue weighted by atomic mass is 35.5. The van der Waals surface area contributed by atoms with Crippen LogP contribution in [0.5, 0.6) is 11.5 Å². The van der Waals surface area contributed by atoms with Crippen LogP contribution in [0, 0.1) is 13.8 Å². The van der Waals surface area contributed by atoms with Gasteiger partial charge in [-0.15, -0.1) is 12.4 Å². The van der Waals surface area contributed by atoms with Crippen LogP contribution in [0.3, 0.4) is 0 Å². The van der Waals surface area contributed by atoms with Crippen molar-refractivity contribution in [1.82, 2.24) is 5.32 Å². The Morgan fingerprint density at radius 1 is 0.677 bits per heavy atom. The summed E-state index contributed by atoms with van der Waals surface area (Å²) in [7, 11) is 2.72. The first-order chi connectivity index (χ1) is 29.1. The van der Waals surface area contributed by atoms with Gasteiger partial charge >= 0.3 is 17.9 Å². The third-order valence-corrected chi connectivity index (χ3v) is 12.6. The maximum atomic E-state index is 13.3. The summed E-state index contributed by atoms with van der Waals surface area (Å²) in [6.45, 7) is 3.81. The van der Waals surface area contributed by atoms with E-state index in [1.54, 1.807) is 24.3 Å². The first kappa shape index (κ1) is 48.2. The van der Waals surface area contributed by atoms with E-state index in [1.807, 2.05) is 62.4 Å². The molecule has 332 valence electrons. The molecule has 0 spiro atoms. The molecular formula is C48H55Cl3N2O9. The van der Waals surface area contributed by atoms with Gasteiger partial charge in [-0.25, -0.2) is 9.59 Å². The molecule has 2 unspecified atom stereocenters. The normalized spacial score (nSPS) is 19.9. The third kappa shape index (κ3) is 11.2. The summed E-state index contributed by atoms with van der Waals surface area (Å²) < 4.78 is 21.7. The topological polar surface area (TPSA) is 163 Å². The highest BCUT2D eigenvalue weighted by Gasteiger charge is 2.44. The Morgan fingerprint density at radius 3 is 1.65 bits per heavy atom. The summed E-state index contributed by atoms with van der Waals surface area (Å²) in [5, 5.41) is 13.4. The molecule has 62 heavy (non-hydrogen) atoms. The fourth-order valence-corrected chi connectivity index (χ4v) is 8.40. The first-order valence-corrected chi connectivity index (χ1v) is 21.5. The predicted molar refractivity (Wildman–Crippen MR) is 241 cm³/mol. The number of nitrogens with one attached hydrogen (secondary N) is 1. The van der Waals surface area contributed by atoms with Crippen molar-refractivity contribution in [3.63, 3.8) is 0 Å². The molecule has 0 heterocycles. The van der Waals surface area contributed by atoms with Crippen molar-refractivity contribution in [1.29, 1.82) is 0 Å². The SMILES string of the molecule is COC(=O)C1(N)CCc2cc(Cl)ccc2C1.COC(=O)C1(NC(=O)c2cccc(C)c2OC2CCC2)CCc2cc(Cl)ccc2C1.Cc1cccc(C(=O)O)c1OC1CCC1.Cl. The average molecular weight is 910 g/mol. The zero-order valence-electron chi connectivity index (χ0n) is 35.5. The number of aryl methyl sites for hydroxylation is 4. The molecular weight excluding hydrogens is 855 g/mol. The molecule has 11 nitrogen and oxygen atoms in total. The molecule has 14 heteroatoms. The van der Waals surface area contributed by atoms with Gasteiger partial charge in [0.1, 0.15) is 28.1 Å². The Labute approximate surface area is 379 Å². The molecule has 4 N–H and O–H groups in total. The van der Waals surface area contributed by atoms with E-state index < -0.39 is 23.0 Å². The van der Waals surface area contributed by atoms with E-state index >= 15 is 0 Å². The molecule has 0 saturated heterocycles. The molecule has 8 rings (SSSR count). The number of hydrogen-bond acceptors (Lipinski definition) is 9. The zero-order valence-corrected chi connectivity index (χ0v) is 37.9. The van der Waals surface area contributed by atoms with Gasteiger partial charge in [-0.05, 0) is 148 Å². The number of carbonyl (C=O) groups is 4. The van der Waals surface area contributed by atoms with Gasteiger partial charge in [-0.1, -0.05) is 59.6 Å².